The Bertz CT molecular complexity index is 400. The van der Waals surface area contributed by atoms with Gasteiger partial charge in [-0.2, -0.15) is 0 Å². The topological polar surface area (TPSA) is 30.5 Å². The molecule has 0 aromatic heterocycles. The first kappa shape index (κ1) is 17.0. The average Bonchev–Trinajstić information content (AvgIpc) is 2.43. The number of nitrogens with one attached hydrogen (secondary N) is 1. The molecule has 0 saturated heterocycles. The highest BCUT2D eigenvalue weighted by molar-refractivity contribution is 5.32. The number of hydrogen-bond donors (Lipinski definition) is 1. The van der Waals surface area contributed by atoms with Crippen molar-refractivity contribution in [2.75, 3.05) is 13.7 Å². The Labute approximate surface area is 123 Å². The van der Waals surface area contributed by atoms with Crippen molar-refractivity contribution in [3.05, 3.63) is 29.8 Å². The molecule has 0 aliphatic rings. The van der Waals surface area contributed by atoms with Crippen LogP contribution in [-0.4, -0.2) is 25.4 Å². The predicted octanol–water partition coefficient (Wildman–Crippen LogP) is 3.94. The van der Waals surface area contributed by atoms with Gasteiger partial charge in [-0.15, -0.1) is 0 Å². The standard InChI is InChI=1S/C17H29NO2/c1-7-17(5,19-6)16(18-8-2)14-10-9-11-15(12-14)20-13(3)4/h9-13,16,18H,7-8H2,1-6H3. The quantitative estimate of drug-likeness (QED) is 0.782. The van der Waals surface area contributed by atoms with E-state index in [0.717, 1.165) is 18.7 Å². The third kappa shape index (κ3) is 4.22. The molecule has 0 aliphatic heterocycles. The number of ether oxygens (including phenoxy) is 2. The lowest BCUT2D eigenvalue weighted by Gasteiger charge is -2.36. The van der Waals surface area contributed by atoms with Crippen LogP contribution in [0.5, 0.6) is 5.75 Å². The van der Waals surface area contributed by atoms with Crippen LogP contribution in [0.15, 0.2) is 24.3 Å². The maximum absolute atomic E-state index is 5.79. The molecule has 2 atom stereocenters. The lowest BCUT2D eigenvalue weighted by Crippen LogP contribution is -2.42. The molecule has 0 bridgehead atoms. The van der Waals surface area contributed by atoms with E-state index >= 15 is 0 Å². The van der Waals surface area contributed by atoms with Crippen molar-refractivity contribution in [1.82, 2.24) is 5.32 Å². The number of rotatable bonds is 8. The molecule has 1 aromatic carbocycles. The Kier molecular flexibility index (Phi) is 6.50. The number of hydrogen-bond acceptors (Lipinski definition) is 3. The molecule has 0 saturated carbocycles. The second-order valence-corrected chi connectivity index (χ2v) is 5.60. The summed E-state index contributed by atoms with van der Waals surface area (Å²) in [6.07, 6.45) is 1.12. The number of methoxy groups -OCH3 is 1. The molecule has 0 aliphatic carbocycles. The Morgan fingerprint density at radius 1 is 1.25 bits per heavy atom. The first-order valence-corrected chi connectivity index (χ1v) is 7.52. The van der Waals surface area contributed by atoms with E-state index in [4.69, 9.17) is 9.47 Å². The van der Waals surface area contributed by atoms with Crippen LogP contribution >= 0.6 is 0 Å². The first-order chi connectivity index (χ1) is 9.46. The van der Waals surface area contributed by atoms with E-state index in [1.165, 1.54) is 5.56 Å². The summed E-state index contributed by atoms with van der Waals surface area (Å²) in [5, 5.41) is 3.54. The van der Waals surface area contributed by atoms with E-state index in [2.05, 4.69) is 38.2 Å². The van der Waals surface area contributed by atoms with Crippen LogP contribution in [0.4, 0.5) is 0 Å². The van der Waals surface area contributed by atoms with Crippen molar-refractivity contribution < 1.29 is 9.47 Å². The van der Waals surface area contributed by atoms with E-state index in [0.29, 0.717) is 0 Å². The molecule has 3 nitrogen and oxygen atoms in total. The second kappa shape index (κ2) is 7.65. The maximum Gasteiger partial charge on any atom is 0.120 e. The van der Waals surface area contributed by atoms with Gasteiger partial charge < -0.3 is 14.8 Å². The molecular weight excluding hydrogens is 250 g/mol. The fraction of sp³-hybridized carbons (Fsp3) is 0.647. The third-order valence-electron chi connectivity index (χ3n) is 3.75. The van der Waals surface area contributed by atoms with Gasteiger partial charge in [-0.3, -0.25) is 0 Å². The van der Waals surface area contributed by atoms with Crippen molar-refractivity contribution >= 4 is 0 Å². The van der Waals surface area contributed by atoms with Gasteiger partial charge in [0, 0.05) is 7.11 Å². The summed E-state index contributed by atoms with van der Waals surface area (Å²) >= 11 is 0. The molecule has 114 valence electrons. The Hall–Kier alpha value is -1.06. The molecular formula is C17H29NO2. The summed E-state index contributed by atoms with van der Waals surface area (Å²) in [6.45, 7) is 11.4. The van der Waals surface area contributed by atoms with Crippen LogP contribution in [0.2, 0.25) is 0 Å². The third-order valence-corrected chi connectivity index (χ3v) is 3.75. The molecule has 0 radical (unpaired) electrons. The van der Waals surface area contributed by atoms with Gasteiger partial charge in [-0.1, -0.05) is 26.0 Å². The number of likely N-dealkylation sites (N-methyl/N-ethyl adjacent to an activating group) is 1. The van der Waals surface area contributed by atoms with Gasteiger partial charge in [0.05, 0.1) is 17.7 Å². The van der Waals surface area contributed by atoms with Gasteiger partial charge in [-0.25, -0.2) is 0 Å². The summed E-state index contributed by atoms with van der Waals surface area (Å²) < 4.78 is 11.6. The summed E-state index contributed by atoms with van der Waals surface area (Å²) in [5.74, 6) is 0.912. The maximum atomic E-state index is 5.79. The SMILES string of the molecule is CCNC(c1cccc(OC(C)C)c1)C(C)(CC)OC. The van der Waals surface area contributed by atoms with Gasteiger partial charge >= 0.3 is 0 Å². The molecule has 2 unspecified atom stereocenters. The summed E-state index contributed by atoms with van der Waals surface area (Å²) in [4.78, 5) is 0. The van der Waals surface area contributed by atoms with E-state index in [1.807, 2.05) is 26.0 Å². The summed E-state index contributed by atoms with van der Waals surface area (Å²) in [7, 11) is 1.78. The van der Waals surface area contributed by atoms with Gasteiger partial charge in [0.25, 0.3) is 0 Å². The normalized spacial score (nSPS) is 15.9. The van der Waals surface area contributed by atoms with Crippen LogP contribution in [0.3, 0.4) is 0 Å². The lowest BCUT2D eigenvalue weighted by atomic mass is 9.87. The second-order valence-electron chi connectivity index (χ2n) is 5.60. The minimum atomic E-state index is -0.230. The van der Waals surface area contributed by atoms with Crippen molar-refractivity contribution in [3.8, 4) is 5.75 Å². The summed E-state index contributed by atoms with van der Waals surface area (Å²) in [6, 6.07) is 8.44. The van der Waals surface area contributed by atoms with Crippen LogP contribution in [0.25, 0.3) is 0 Å². The fourth-order valence-corrected chi connectivity index (χ4v) is 2.40. The van der Waals surface area contributed by atoms with Crippen LogP contribution in [-0.2, 0) is 4.74 Å². The number of benzene rings is 1. The van der Waals surface area contributed by atoms with Crippen molar-refractivity contribution in [1.29, 1.82) is 0 Å². The fourth-order valence-electron chi connectivity index (χ4n) is 2.40. The predicted molar refractivity (Wildman–Crippen MR) is 84.3 cm³/mol. The highest BCUT2D eigenvalue weighted by Gasteiger charge is 2.33. The average molecular weight is 279 g/mol. The van der Waals surface area contributed by atoms with E-state index in [9.17, 15) is 0 Å². The molecule has 0 spiro atoms. The molecule has 0 amide bonds. The monoisotopic (exact) mass is 279 g/mol. The van der Waals surface area contributed by atoms with Crippen LogP contribution in [0.1, 0.15) is 52.6 Å². The van der Waals surface area contributed by atoms with Crippen LogP contribution in [0, 0.1) is 0 Å². The largest absolute Gasteiger partial charge is 0.491 e. The van der Waals surface area contributed by atoms with Gasteiger partial charge in [-0.05, 0) is 51.4 Å². The minimum absolute atomic E-state index is 0.151. The Morgan fingerprint density at radius 2 is 1.95 bits per heavy atom. The van der Waals surface area contributed by atoms with E-state index < -0.39 is 0 Å². The Morgan fingerprint density at radius 3 is 2.45 bits per heavy atom. The highest BCUT2D eigenvalue weighted by atomic mass is 16.5. The molecule has 20 heavy (non-hydrogen) atoms. The van der Waals surface area contributed by atoms with Crippen molar-refractivity contribution in [2.45, 2.75) is 58.8 Å². The molecule has 1 aromatic rings. The molecule has 0 fully saturated rings. The molecule has 0 heterocycles. The Balaban J connectivity index is 3.08. The zero-order valence-corrected chi connectivity index (χ0v) is 13.7. The first-order valence-electron chi connectivity index (χ1n) is 7.52. The van der Waals surface area contributed by atoms with E-state index in [1.54, 1.807) is 7.11 Å². The zero-order chi connectivity index (χ0) is 15.2. The highest BCUT2D eigenvalue weighted by Crippen LogP contribution is 2.33. The minimum Gasteiger partial charge on any atom is -0.491 e. The zero-order valence-electron chi connectivity index (χ0n) is 13.7. The van der Waals surface area contributed by atoms with Crippen molar-refractivity contribution in [2.24, 2.45) is 0 Å². The summed E-state index contributed by atoms with van der Waals surface area (Å²) in [5.41, 5.74) is 0.975. The van der Waals surface area contributed by atoms with Gasteiger partial charge in [0.15, 0.2) is 0 Å². The smallest absolute Gasteiger partial charge is 0.120 e. The lowest BCUT2D eigenvalue weighted by molar-refractivity contribution is -0.0296. The van der Waals surface area contributed by atoms with Crippen molar-refractivity contribution in [3.63, 3.8) is 0 Å². The van der Waals surface area contributed by atoms with Gasteiger partial charge in [0.1, 0.15) is 5.75 Å². The van der Waals surface area contributed by atoms with Crippen LogP contribution < -0.4 is 10.1 Å². The molecule has 3 heteroatoms. The molecule has 1 N–H and O–H groups in total. The molecule has 1 rings (SSSR count). The van der Waals surface area contributed by atoms with E-state index in [-0.39, 0.29) is 17.7 Å². The van der Waals surface area contributed by atoms with Gasteiger partial charge in [0.2, 0.25) is 0 Å².